The minimum absolute atomic E-state index is 0.0330. The van der Waals surface area contributed by atoms with Gasteiger partial charge in [-0.15, -0.1) is 0 Å². The van der Waals surface area contributed by atoms with Crippen molar-refractivity contribution in [1.82, 2.24) is 0 Å². The number of benzene rings is 2. The molecule has 0 heterocycles. The molecule has 2 aromatic carbocycles. The molecule has 0 spiro atoms. The maximum atomic E-state index is 13.7. The first-order valence-corrected chi connectivity index (χ1v) is 7.14. The third kappa shape index (κ3) is 2.73. The zero-order chi connectivity index (χ0) is 15.0. The van der Waals surface area contributed by atoms with Crippen LogP contribution in [0.15, 0.2) is 30.3 Å². The van der Waals surface area contributed by atoms with Gasteiger partial charge in [0.2, 0.25) is 0 Å². The lowest BCUT2D eigenvalue weighted by atomic mass is 9.98. The number of fused-ring (bicyclic) bond motifs is 1. The topological polar surface area (TPSA) is 17.1 Å². The minimum Gasteiger partial charge on any atom is -0.294 e. The van der Waals surface area contributed by atoms with Crippen molar-refractivity contribution >= 4 is 5.78 Å². The number of hydrogen-bond donors (Lipinski definition) is 0. The molecule has 0 saturated heterocycles. The monoisotopic (exact) mass is 286 g/mol. The van der Waals surface area contributed by atoms with Crippen molar-refractivity contribution in [3.05, 3.63) is 69.8 Å². The van der Waals surface area contributed by atoms with E-state index in [4.69, 9.17) is 0 Å². The Morgan fingerprint density at radius 1 is 1.05 bits per heavy atom. The fourth-order valence-corrected chi connectivity index (χ4v) is 2.89. The van der Waals surface area contributed by atoms with Gasteiger partial charge in [-0.25, -0.2) is 8.78 Å². The molecule has 0 aromatic heterocycles. The normalized spacial score (nSPS) is 13.3. The number of carbonyl (C=O) groups is 1. The highest BCUT2D eigenvalue weighted by molar-refractivity contribution is 5.98. The molecule has 1 nitrogen and oxygen atoms in total. The van der Waals surface area contributed by atoms with Gasteiger partial charge in [0.05, 0.1) is 5.56 Å². The maximum Gasteiger partial charge on any atom is 0.170 e. The molecule has 2 aromatic rings. The lowest BCUT2D eigenvalue weighted by Crippen LogP contribution is -2.08. The van der Waals surface area contributed by atoms with E-state index in [2.05, 4.69) is 6.07 Å². The molecule has 0 atom stereocenters. The Balaban J connectivity index is 1.85. The minimum atomic E-state index is -0.788. The number of carbonyl (C=O) groups excluding carboxylic acids is 1. The molecule has 0 fully saturated rings. The van der Waals surface area contributed by atoms with Gasteiger partial charge in [-0.1, -0.05) is 18.2 Å². The van der Waals surface area contributed by atoms with Crippen LogP contribution in [0.3, 0.4) is 0 Å². The SMILES string of the molecule is Cc1cc(C(=O)Cc2ccc3c(c2)CCC3)c(F)cc1F. The lowest BCUT2D eigenvalue weighted by molar-refractivity contribution is 0.0989. The molecule has 0 bridgehead atoms. The second kappa shape index (κ2) is 5.40. The molecule has 108 valence electrons. The predicted octanol–water partition coefficient (Wildman–Crippen LogP) is 4.19. The molecule has 1 aliphatic carbocycles. The molecular formula is C18H16F2O. The zero-order valence-corrected chi connectivity index (χ0v) is 11.9. The number of aryl methyl sites for hydroxylation is 3. The van der Waals surface area contributed by atoms with Crippen molar-refractivity contribution in [2.45, 2.75) is 32.6 Å². The van der Waals surface area contributed by atoms with Crippen molar-refractivity contribution in [3.8, 4) is 0 Å². The van der Waals surface area contributed by atoms with Gasteiger partial charge in [-0.05, 0) is 54.5 Å². The molecule has 1 aliphatic rings. The summed E-state index contributed by atoms with van der Waals surface area (Å²) in [7, 11) is 0. The predicted molar refractivity (Wildman–Crippen MR) is 77.6 cm³/mol. The molecular weight excluding hydrogens is 270 g/mol. The summed E-state index contributed by atoms with van der Waals surface area (Å²) in [5.41, 5.74) is 3.77. The molecule has 3 rings (SSSR count). The van der Waals surface area contributed by atoms with Crippen LogP contribution >= 0.6 is 0 Å². The first kappa shape index (κ1) is 13.9. The van der Waals surface area contributed by atoms with E-state index in [0.717, 1.165) is 30.9 Å². The van der Waals surface area contributed by atoms with E-state index in [1.54, 1.807) is 0 Å². The van der Waals surface area contributed by atoms with Gasteiger partial charge >= 0.3 is 0 Å². The maximum absolute atomic E-state index is 13.7. The zero-order valence-electron chi connectivity index (χ0n) is 11.9. The van der Waals surface area contributed by atoms with Crippen LogP contribution in [0.4, 0.5) is 8.78 Å². The van der Waals surface area contributed by atoms with Crippen molar-refractivity contribution in [1.29, 1.82) is 0 Å². The van der Waals surface area contributed by atoms with Gasteiger partial charge in [0.25, 0.3) is 0 Å². The summed E-state index contributed by atoms with van der Waals surface area (Å²) < 4.78 is 27.0. The summed E-state index contributed by atoms with van der Waals surface area (Å²) in [6, 6.07) is 8.09. The van der Waals surface area contributed by atoms with E-state index < -0.39 is 11.6 Å². The number of halogens is 2. The average molecular weight is 286 g/mol. The standard InChI is InChI=1S/C18H16F2O/c1-11-7-15(17(20)10-16(11)19)18(21)9-12-5-6-13-3-2-4-14(13)8-12/h5-8,10H,2-4,9H2,1H3. The number of Topliss-reactive ketones (excluding diaryl/α,β-unsaturated/α-hetero) is 1. The molecule has 0 radical (unpaired) electrons. The first-order chi connectivity index (χ1) is 10.0. The molecule has 0 amide bonds. The summed E-state index contributed by atoms with van der Waals surface area (Å²) in [5, 5.41) is 0. The van der Waals surface area contributed by atoms with Crippen molar-refractivity contribution in [3.63, 3.8) is 0 Å². The van der Waals surface area contributed by atoms with Crippen molar-refractivity contribution in [2.24, 2.45) is 0 Å². The first-order valence-electron chi connectivity index (χ1n) is 7.14. The van der Waals surface area contributed by atoms with Crippen LogP contribution in [-0.2, 0) is 19.3 Å². The van der Waals surface area contributed by atoms with Gasteiger partial charge in [0.15, 0.2) is 5.78 Å². The Bertz CT molecular complexity index is 719. The molecule has 0 saturated carbocycles. The van der Waals surface area contributed by atoms with Crippen molar-refractivity contribution < 1.29 is 13.6 Å². The van der Waals surface area contributed by atoms with Crippen LogP contribution in [-0.4, -0.2) is 5.78 Å². The largest absolute Gasteiger partial charge is 0.294 e. The Hall–Kier alpha value is -2.03. The summed E-state index contributed by atoms with van der Waals surface area (Å²) in [4.78, 5) is 12.2. The van der Waals surface area contributed by atoms with E-state index in [0.29, 0.717) is 0 Å². The number of rotatable bonds is 3. The third-order valence-electron chi connectivity index (χ3n) is 4.08. The third-order valence-corrected chi connectivity index (χ3v) is 4.08. The quantitative estimate of drug-likeness (QED) is 0.773. The van der Waals surface area contributed by atoms with E-state index >= 15 is 0 Å². The van der Waals surface area contributed by atoms with E-state index in [9.17, 15) is 13.6 Å². The van der Waals surface area contributed by atoms with Gasteiger partial charge in [0, 0.05) is 12.5 Å². The van der Waals surface area contributed by atoms with E-state index in [1.807, 2.05) is 12.1 Å². The summed E-state index contributed by atoms with van der Waals surface area (Å²) in [6.07, 6.45) is 3.44. The second-order valence-electron chi connectivity index (χ2n) is 5.64. The number of hydrogen-bond acceptors (Lipinski definition) is 1. The molecule has 0 unspecified atom stereocenters. The molecule has 21 heavy (non-hydrogen) atoms. The average Bonchev–Trinajstić information content (AvgIpc) is 2.90. The van der Waals surface area contributed by atoms with Gasteiger partial charge in [-0.2, -0.15) is 0 Å². The lowest BCUT2D eigenvalue weighted by Gasteiger charge is -2.07. The van der Waals surface area contributed by atoms with Gasteiger partial charge in [-0.3, -0.25) is 4.79 Å². The number of ketones is 1. The van der Waals surface area contributed by atoms with Crippen LogP contribution in [0, 0.1) is 18.6 Å². The van der Waals surface area contributed by atoms with Crippen LogP contribution in [0.5, 0.6) is 0 Å². The van der Waals surface area contributed by atoms with E-state index in [1.165, 1.54) is 24.1 Å². The Labute approximate surface area is 122 Å². The van der Waals surface area contributed by atoms with Crippen LogP contribution in [0.1, 0.15) is 39.0 Å². The fraction of sp³-hybridized carbons (Fsp3) is 0.278. The van der Waals surface area contributed by atoms with Crippen molar-refractivity contribution in [2.75, 3.05) is 0 Å². The van der Waals surface area contributed by atoms with Gasteiger partial charge < -0.3 is 0 Å². The Morgan fingerprint density at radius 2 is 1.81 bits per heavy atom. The highest BCUT2D eigenvalue weighted by Crippen LogP contribution is 2.24. The second-order valence-corrected chi connectivity index (χ2v) is 5.64. The Morgan fingerprint density at radius 3 is 2.62 bits per heavy atom. The molecule has 3 heteroatoms. The smallest absolute Gasteiger partial charge is 0.170 e. The highest BCUT2D eigenvalue weighted by Gasteiger charge is 2.17. The summed E-state index contributed by atoms with van der Waals surface area (Å²) in [6.45, 7) is 1.53. The summed E-state index contributed by atoms with van der Waals surface area (Å²) >= 11 is 0. The van der Waals surface area contributed by atoms with Gasteiger partial charge in [0.1, 0.15) is 11.6 Å². The van der Waals surface area contributed by atoms with Crippen LogP contribution < -0.4 is 0 Å². The highest BCUT2D eigenvalue weighted by atomic mass is 19.1. The molecule has 0 N–H and O–H groups in total. The van der Waals surface area contributed by atoms with E-state index in [-0.39, 0.29) is 23.3 Å². The fourth-order valence-electron chi connectivity index (χ4n) is 2.89. The van der Waals surface area contributed by atoms with Crippen LogP contribution in [0.2, 0.25) is 0 Å². The summed E-state index contributed by atoms with van der Waals surface area (Å²) in [5.74, 6) is -1.72. The molecule has 0 aliphatic heterocycles. The van der Waals surface area contributed by atoms with Crippen LogP contribution in [0.25, 0.3) is 0 Å². The Kier molecular flexibility index (Phi) is 3.58.